The van der Waals surface area contributed by atoms with Crippen LogP contribution < -0.4 is 11.1 Å². The zero-order valence-electron chi connectivity index (χ0n) is 17.3. The molecule has 1 unspecified atom stereocenters. The highest BCUT2D eigenvalue weighted by molar-refractivity contribution is 7.99. The molecule has 3 rings (SSSR count). The molecular weight excluding hydrogens is 414 g/mol. The molecule has 2 amide bonds. The minimum absolute atomic E-state index is 0.0272. The number of nitrogens with one attached hydrogen (secondary N) is 1. The van der Waals surface area contributed by atoms with Crippen LogP contribution in [0.5, 0.6) is 0 Å². The molecule has 1 fully saturated rings. The van der Waals surface area contributed by atoms with Crippen LogP contribution in [0.2, 0.25) is 0 Å². The minimum atomic E-state index is -0.877. The van der Waals surface area contributed by atoms with Gasteiger partial charge >= 0.3 is 5.97 Å². The highest BCUT2D eigenvalue weighted by Crippen LogP contribution is 2.22. The number of hydrogen-bond acceptors (Lipinski definition) is 4. The fraction of sp³-hybridized carbons (Fsp3) is 0.348. The summed E-state index contributed by atoms with van der Waals surface area (Å²) in [6.45, 7) is 0.335. The van der Waals surface area contributed by atoms with Crippen LogP contribution >= 0.6 is 11.8 Å². The number of hydrogen-bond donors (Lipinski definition) is 3. The van der Waals surface area contributed by atoms with Crippen molar-refractivity contribution in [3.05, 3.63) is 71.3 Å². The van der Waals surface area contributed by atoms with Crippen LogP contribution in [0.1, 0.15) is 23.1 Å². The first-order valence-corrected chi connectivity index (χ1v) is 11.4. The highest BCUT2D eigenvalue weighted by Gasteiger charge is 2.35. The van der Waals surface area contributed by atoms with Crippen molar-refractivity contribution in [3.63, 3.8) is 0 Å². The number of carbonyl (C=O) groups excluding carboxylic acids is 2. The first-order chi connectivity index (χ1) is 14.9. The molecule has 2 atom stereocenters. The Morgan fingerprint density at radius 1 is 1.06 bits per heavy atom. The van der Waals surface area contributed by atoms with E-state index in [1.807, 2.05) is 42.5 Å². The Morgan fingerprint density at radius 2 is 1.74 bits per heavy atom. The fourth-order valence-electron chi connectivity index (χ4n) is 3.55. The molecule has 1 aliphatic rings. The van der Waals surface area contributed by atoms with Crippen LogP contribution in [0.15, 0.2) is 54.6 Å². The molecule has 0 saturated carbocycles. The number of quaternary nitrogens is 1. The van der Waals surface area contributed by atoms with Gasteiger partial charge in [0.2, 0.25) is 11.8 Å². The maximum absolute atomic E-state index is 12.8. The number of benzene rings is 2. The number of aliphatic carboxylic acids is 1. The van der Waals surface area contributed by atoms with Gasteiger partial charge in [0.1, 0.15) is 6.04 Å². The van der Waals surface area contributed by atoms with E-state index in [2.05, 4.69) is 11.1 Å². The molecule has 1 aliphatic heterocycles. The van der Waals surface area contributed by atoms with Crippen molar-refractivity contribution in [2.75, 3.05) is 11.6 Å². The molecule has 0 aliphatic carbocycles. The third kappa shape index (κ3) is 6.83. The van der Waals surface area contributed by atoms with Crippen molar-refractivity contribution in [1.29, 1.82) is 0 Å². The van der Waals surface area contributed by atoms with E-state index < -0.39 is 12.0 Å². The number of thioether (sulfide) groups is 1. The third-order valence-corrected chi connectivity index (χ3v) is 6.19. The monoisotopic (exact) mass is 442 g/mol. The van der Waals surface area contributed by atoms with E-state index in [0.717, 1.165) is 17.5 Å². The van der Waals surface area contributed by atoms with E-state index in [-0.39, 0.29) is 24.3 Å². The Labute approximate surface area is 186 Å². The van der Waals surface area contributed by atoms with Crippen LogP contribution in [-0.2, 0) is 33.8 Å². The van der Waals surface area contributed by atoms with Gasteiger partial charge in [-0.05, 0) is 16.7 Å². The number of carboxylic acid groups (broad SMARTS) is 1. The number of nitrogens with zero attached hydrogens (tertiary/aromatic N) is 1. The van der Waals surface area contributed by atoms with Gasteiger partial charge in [0.15, 0.2) is 0 Å². The predicted octanol–water partition coefficient (Wildman–Crippen LogP) is 1.07. The molecule has 1 heterocycles. The summed E-state index contributed by atoms with van der Waals surface area (Å²) in [5.41, 5.74) is 6.87. The van der Waals surface area contributed by atoms with Gasteiger partial charge in [-0.2, -0.15) is 0 Å². The maximum atomic E-state index is 12.8. The van der Waals surface area contributed by atoms with Gasteiger partial charge in [-0.3, -0.25) is 14.4 Å². The Kier molecular flexibility index (Phi) is 8.08. The molecule has 8 heteroatoms. The van der Waals surface area contributed by atoms with Gasteiger partial charge < -0.3 is 21.1 Å². The Hall–Kier alpha value is -2.84. The summed E-state index contributed by atoms with van der Waals surface area (Å²) in [4.78, 5) is 37.9. The van der Waals surface area contributed by atoms with E-state index in [4.69, 9.17) is 5.11 Å². The quantitative estimate of drug-likeness (QED) is 0.538. The normalized spacial score (nSPS) is 16.7. The van der Waals surface area contributed by atoms with Crippen LogP contribution in [-0.4, -0.2) is 51.5 Å². The van der Waals surface area contributed by atoms with E-state index in [0.29, 0.717) is 30.2 Å². The second kappa shape index (κ2) is 11.0. The lowest BCUT2D eigenvalue weighted by Gasteiger charge is -2.24. The second-order valence-electron chi connectivity index (χ2n) is 7.74. The third-order valence-electron chi connectivity index (χ3n) is 5.18. The number of carboxylic acids is 1. The van der Waals surface area contributed by atoms with Gasteiger partial charge in [0, 0.05) is 18.7 Å². The molecule has 7 nitrogen and oxygen atoms in total. The zero-order valence-corrected chi connectivity index (χ0v) is 18.1. The van der Waals surface area contributed by atoms with Crippen LogP contribution in [0.4, 0.5) is 0 Å². The van der Waals surface area contributed by atoms with Crippen molar-refractivity contribution in [2.24, 2.45) is 0 Å². The van der Waals surface area contributed by atoms with E-state index in [1.165, 1.54) is 0 Å². The second-order valence-corrected chi connectivity index (χ2v) is 8.74. The van der Waals surface area contributed by atoms with E-state index in [1.54, 1.807) is 28.8 Å². The summed E-state index contributed by atoms with van der Waals surface area (Å²) in [6, 6.07) is 16.5. The lowest BCUT2D eigenvalue weighted by Crippen LogP contribution is -2.63. The van der Waals surface area contributed by atoms with Crippen molar-refractivity contribution >= 4 is 29.5 Å². The van der Waals surface area contributed by atoms with Crippen molar-refractivity contribution in [1.82, 2.24) is 10.2 Å². The molecule has 1 saturated heterocycles. The molecule has 2 aromatic rings. The first kappa shape index (κ1) is 22.8. The lowest BCUT2D eigenvalue weighted by atomic mass is 10.0. The summed E-state index contributed by atoms with van der Waals surface area (Å²) < 4.78 is 0. The highest BCUT2D eigenvalue weighted by atomic mass is 32.2. The molecular formula is C23H28N3O4S+. The molecule has 0 radical (unpaired) electrons. The summed E-state index contributed by atoms with van der Waals surface area (Å²) in [5.74, 6) is 0.00246. The average Bonchev–Trinajstić information content (AvgIpc) is 3.23. The smallest absolute Gasteiger partial charge is 0.307 e. The van der Waals surface area contributed by atoms with Crippen molar-refractivity contribution in [3.8, 4) is 0 Å². The summed E-state index contributed by atoms with van der Waals surface area (Å²) in [7, 11) is 0. The van der Waals surface area contributed by atoms with Gasteiger partial charge in [0.05, 0.1) is 24.8 Å². The van der Waals surface area contributed by atoms with Gasteiger partial charge in [-0.25, -0.2) is 0 Å². The number of carbonyl (C=O) groups is 3. The van der Waals surface area contributed by atoms with Crippen molar-refractivity contribution < 1.29 is 25.2 Å². The van der Waals surface area contributed by atoms with Crippen LogP contribution in [0, 0.1) is 0 Å². The summed E-state index contributed by atoms with van der Waals surface area (Å²) >= 11 is 1.58. The summed E-state index contributed by atoms with van der Waals surface area (Å²) in [5, 5.41) is 11.7. The maximum Gasteiger partial charge on any atom is 0.307 e. The van der Waals surface area contributed by atoms with Crippen molar-refractivity contribution in [2.45, 2.75) is 37.9 Å². The Morgan fingerprint density at radius 3 is 2.42 bits per heavy atom. The molecule has 0 bridgehead atoms. The molecule has 31 heavy (non-hydrogen) atoms. The van der Waals surface area contributed by atoms with E-state index in [9.17, 15) is 14.4 Å². The van der Waals surface area contributed by atoms with Gasteiger partial charge in [-0.15, -0.1) is 11.8 Å². The Bertz CT molecular complexity index is 905. The molecule has 2 aromatic carbocycles. The fourth-order valence-corrected chi connectivity index (χ4v) is 4.73. The van der Waals surface area contributed by atoms with Crippen LogP contribution in [0.3, 0.4) is 0 Å². The lowest BCUT2D eigenvalue weighted by molar-refractivity contribution is -0.418. The molecule has 5 N–H and O–H groups in total. The van der Waals surface area contributed by atoms with E-state index >= 15 is 0 Å². The minimum Gasteiger partial charge on any atom is -0.481 e. The molecule has 0 aromatic heterocycles. The average molecular weight is 443 g/mol. The number of amides is 2. The number of rotatable bonds is 9. The topological polar surface area (TPSA) is 114 Å². The predicted molar refractivity (Wildman–Crippen MR) is 119 cm³/mol. The van der Waals surface area contributed by atoms with Gasteiger partial charge in [0.25, 0.3) is 0 Å². The molecule has 164 valence electrons. The molecule has 0 spiro atoms. The summed E-state index contributed by atoms with van der Waals surface area (Å²) in [6.07, 6.45) is 1.01. The SMILES string of the molecule is [NH3+]C(CC(=O)N1CSC[C@H]1C(=O)NCc1ccc(CC(=O)O)cc1)Cc1ccccc1. The standard InChI is InChI=1S/C23H27N3O4S/c24-19(10-16-4-2-1-3-5-16)12-21(27)26-15-31-14-20(26)23(30)25-13-18-8-6-17(7-9-18)11-22(28)29/h1-9,19-20H,10-15,24H2,(H,25,30)(H,28,29)/p+1/t19?,20-/m0/s1. The largest absolute Gasteiger partial charge is 0.481 e. The van der Waals surface area contributed by atoms with Gasteiger partial charge in [-0.1, -0.05) is 54.6 Å². The zero-order chi connectivity index (χ0) is 22.2. The first-order valence-electron chi connectivity index (χ1n) is 10.2. The Balaban J connectivity index is 1.50. The van der Waals surface area contributed by atoms with Crippen LogP contribution in [0.25, 0.3) is 0 Å².